The minimum Gasteiger partial charge on any atom is -0.491 e. The fourth-order valence-corrected chi connectivity index (χ4v) is 4.57. The van der Waals surface area contributed by atoms with Gasteiger partial charge in [-0.1, -0.05) is 57.2 Å². The van der Waals surface area contributed by atoms with Gasteiger partial charge in [0.2, 0.25) is 0 Å². The predicted octanol–water partition coefficient (Wildman–Crippen LogP) is 4.62. The summed E-state index contributed by atoms with van der Waals surface area (Å²) in [5.74, 6) is 0.564. The second-order valence-electron chi connectivity index (χ2n) is 8.68. The summed E-state index contributed by atoms with van der Waals surface area (Å²) in [5.41, 5.74) is 1.99. The van der Waals surface area contributed by atoms with Crippen LogP contribution in [0.15, 0.2) is 83.8 Å². The van der Waals surface area contributed by atoms with E-state index in [1.54, 1.807) is 54.6 Å². The number of ether oxygens (including phenoxy) is 1. The summed E-state index contributed by atoms with van der Waals surface area (Å²) in [6.45, 7) is 7.08. The minimum atomic E-state index is -3.67. The third-order valence-corrected chi connectivity index (χ3v) is 7.03. The van der Waals surface area contributed by atoms with Crippen LogP contribution in [0.2, 0.25) is 0 Å². The van der Waals surface area contributed by atoms with Gasteiger partial charge in [0, 0.05) is 12.6 Å². The molecule has 0 radical (unpaired) electrons. The SMILES string of the molecule is CN(c1ccc(C(=O)NCCOc2ccccc2C(C)(C)C)cc1)S(=O)(=O)c1ccccc1. The summed E-state index contributed by atoms with van der Waals surface area (Å²) in [6, 6.07) is 22.6. The van der Waals surface area contributed by atoms with Crippen LogP contribution in [0, 0.1) is 0 Å². The minimum absolute atomic E-state index is 0.0389. The molecule has 0 aliphatic heterocycles. The zero-order valence-electron chi connectivity index (χ0n) is 19.4. The lowest BCUT2D eigenvalue weighted by molar-refractivity contribution is 0.0947. The Morgan fingerprint density at radius 3 is 2.15 bits per heavy atom. The van der Waals surface area contributed by atoms with Gasteiger partial charge in [-0.25, -0.2) is 8.42 Å². The monoisotopic (exact) mass is 466 g/mol. The summed E-state index contributed by atoms with van der Waals surface area (Å²) in [4.78, 5) is 12.7. The van der Waals surface area contributed by atoms with Crippen molar-refractivity contribution < 1.29 is 17.9 Å². The van der Waals surface area contributed by atoms with Gasteiger partial charge >= 0.3 is 0 Å². The van der Waals surface area contributed by atoms with Gasteiger partial charge in [0.15, 0.2) is 0 Å². The summed E-state index contributed by atoms with van der Waals surface area (Å²) in [7, 11) is -2.18. The van der Waals surface area contributed by atoms with Gasteiger partial charge in [-0.15, -0.1) is 0 Å². The number of nitrogens with zero attached hydrogens (tertiary/aromatic N) is 1. The van der Waals surface area contributed by atoms with E-state index in [2.05, 4.69) is 26.1 Å². The maximum atomic E-state index is 12.8. The van der Waals surface area contributed by atoms with Gasteiger partial charge in [0.1, 0.15) is 12.4 Å². The van der Waals surface area contributed by atoms with Crippen LogP contribution in [-0.2, 0) is 15.4 Å². The molecule has 6 nitrogen and oxygen atoms in total. The highest BCUT2D eigenvalue weighted by Gasteiger charge is 2.21. The van der Waals surface area contributed by atoms with Crippen LogP contribution in [0.25, 0.3) is 0 Å². The Balaban J connectivity index is 1.57. The van der Waals surface area contributed by atoms with E-state index in [-0.39, 0.29) is 16.2 Å². The maximum Gasteiger partial charge on any atom is 0.264 e. The molecular formula is C26H30N2O4S. The van der Waals surface area contributed by atoms with E-state index in [4.69, 9.17) is 4.74 Å². The van der Waals surface area contributed by atoms with Crippen molar-refractivity contribution in [3.05, 3.63) is 90.0 Å². The zero-order chi connectivity index (χ0) is 24.1. The van der Waals surface area contributed by atoms with Crippen LogP contribution < -0.4 is 14.4 Å². The van der Waals surface area contributed by atoms with Crippen molar-refractivity contribution in [2.24, 2.45) is 0 Å². The smallest absolute Gasteiger partial charge is 0.264 e. The number of benzene rings is 3. The molecule has 0 heterocycles. The Bertz CT molecular complexity index is 1180. The summed E-state index contributed by atoms with van der Waals surface area (Å²) < 4.78 is 32.6. The lowest BCUT2D eigenvalue weighted by Crippen LogP contribution is -2.29. The molecule has 7 heteroatoms. The van der Waals surface area contributed by atoms with E-state index < -0.39 is 10.0 Å². The highest BCUT2D eigenvalue weighted by Crippen LogP contribution is 2.30. The Morgan fingerprint density at radius 2 is 1.52 bits per heavy atom. The average Bonchev–Trinajstić information content (AvgIpc) is 2.81. The molecule has 3 rings (SSSR count). The number of anilines is 1. The third-order valence-electron chi connectivity index (χ3n) is 5.23. The number of nitrogens with one attached hydrogen (secondary N) is 1. The fraction of sp³-hybridized carbons (Fsp3) is 0.269. The van der Waals surface area contributed by atoms with Crippen LogP contribution in [0.3, 0.4) is 0 Å². The van der Waals surface area contributed by atoms with E-state index >= 15 is 0 Å². The first kappa shape index (κ1) is 24.3. The molecule has 0 unspecified atom stereocenters. The predicted molar refractivity (Wildman–Crippen MR) is 131 cm³/mol. The van der Waals surface area contributed by atoms with Crippen LogP contribution in [0.5, 0.6) is 5.75 Å². The van der Waals surface area contributed by atoms with Crippen molar-refractivity contribution >= 4 is 21.6 Å². The molecule has 0 saturated carbocycles. The molecular weight excluding hydrogens is 436 g/mol. The Kier molecular flexibility index (Phi) is 7.43. The van der Waals surface area contributed by atoms with Crippen molar-refractivity contribution in [3.63, 3.8) is 0 Å². The van der Waals surface area contributed by atoms with Crippen molar-refractivity contribution in [1.29, 1.82) is 0 Å². The lowest BCUT2D eigenvalue weighted by Gasteiger charge is -2.22. The van der Waals surface area contributed by atoms with Crippen molar-refractivity contribution in [3.8, 4) is 5.75 Å². The van der Waals surface area contributed by atoms with Crippen molar-refractivity contribution in [2.75, 3.05) is 24.5 Å². The van der Waals surface area contributed by atoms with Crippen molar-refractivity contribution in [1.82, 2.24) is 5.32 Å². The fourth-order valence-electron chi connectivity index (χ4n) is 3.35. The Morgan fingerprint density at radius 1 is 0.909 bits per heavy atom. The lowest BCUT2D eigenvalue weighted by atomic mass is 9.86. The second-order valence-corrected chi connectivity index (χ2v) is 10.7. The number of para-hydroxylation sites is 1. The molecule has 0 bridgehead atoms. The van der Waals surface area contributed by atoms with E-state index in [0.717, 1.165) is 11.3 Å². The topological polar surface area (TPSA) is 75.7 Å². The van der Waals surface area contributed by atoms with Gasteiger partial charge < -0.3 is 10.1 Å². The summed E-state index contributed by atoms with van der Waals surface area (Å²) >= 11 is 0. The molecule has 1 N–H and O–H groups in total. The van der Waals surface area contributed by atoms with Gasteiger partial charge in [-0.05, 0) is 53.4 Å². The van der Waals surface area contributed by atoms with E-state index in [1.807, 2.05) is 24.3 Å². The molecule has 0 fully saturated rings. The van der Waals surface area contributed by atoms with Crippen molar-refractivity contribution in [2.45, 2.75) is 31.1 Å². The zero-order valence-corrected chi connectivity index (χ0v) is 20.2. The van der Waals surface area contributed by atoms with Crippen LogP contribution in [-0.4, -0.2) is 34.5 Å². The van der Waals surface area contributed by atoms with Gasteiger partial charge in [-0.3, -0.25) is 9.10 Å². The summed E-state index contributed by atoms with van der Waals surface area (Å²) in [6.07, 6.45) is 0. The number of rotatable bonds is 8. The largest absolute Gasteiger partial charge is 0.491 e. The molecule has 174 valence electrons. The van der Waals surface area contributed by atoms with E-state index in [9.17, 15) is 13.2 Å². The van der Waals surface area contributed by atoms with Gasteiger partial charge in [0.05, 0.1) is 17.1 Å². The Labute approximate surface area is 196 Å². The number of carbonyl (C=O) groups excluding carboxylic acids is 1. The van der Waals surface area contributed by atoms with Crippen LogP contribution >= 0.6 is 0 Å². The molecule has 3 aromatic rings. The number of amides is 1. The molecule has 1 amide bonds. The molecule has 0 spiro atoms. The molecule has 0 saturated heterocycles. The first-order valence-corrected chi connectivity index (χ1v) is 12.2. The highest BCUT2D eigenvalue weighted by molar-refractivity contribution is 7.92. The first-order valence-electron chi connectivity index (χ1n) is 10.8. The first-order chi connectivity index (χ1) is 15.6. The van der Waals surface area contributed by atoms with Crippen LogP contribution in [0.1, 0.15) is 36.7 Å². The summed E-state index contributed by atoms with van der Waals surface area (Å²) in [5, 5.41) is 2.84. The third kappa shape index (κ3) is 5.93. The molecule has 0 aliphatic carbocycles. The number of hydrogen-bond acceptors (Lipinski definition) is 4. The molecule has 33 heavy (non-hydrogen) atoms. The standard InChI is InChI=1S/C26H30N2O4S/c1-26(2,3)23-12-8-9-13-24(23)32-19-18-27-25(29)20-14-16-21(17-15-20)28(4)33(30,31)22-10-6-5-7-11-22/h5-17H,18-19H2,1-4H3,(H,27,29). The maximum absolute atomic E-state index is 12.8. The normalized spacial score (nSPS) is 11.6. The molecule has 0 atom stereocenters. The van der Waals surface area contributed by atoms with E-state index in [0.29, 0.717) is 24.4 Å². The number of sulfonamides is 1. The van der Waals surface area contributed by atoms with Crippen LogP contribution in [0.4, 0.5) is 5.69 Å². The molecule has 0 aliphatic rings. The highest BCUT2D eigenvalue weighted by atomic mass is 32.2. The molecule has 3 aromatic carbocycles. The second kappa shape index (κ2) is 10.1. The molecule has 0 aromatic heterocycles. The average molecular weight is 467 g/mol. The van der Waals surface area contributed by atoms with Gasteiger partial charge in [0.25, 0.3) is 15.9 Å². The van der Waals surface area contributed by atoms with E-state index in [1.165, 1.54) is 11.4 Å². The van der Waals surface area contributed by atoms with Gasteiger partial charge in [-0.2, -0.15) is 0 Å². The number of hydrogen-bond donors (Lipinski definition) is 1. The quantitative estimate of drug-likeness (QED) is 0.492. The number of carbonyl (C=O) groups is 1. The Hall–Kier alpha value is -3.32.